The first kappa shape index (κ1) is 17.2. The Morgan fingerprint density at radius 2 is 1.86 bits per heavy atom. The van der Waals surface area contributed by atoms with Crippen molar-refractivity contribution in [3.05, 3.63) is 65.1 Å². The van der Waals surface area contributed by atoms with E-state index in [0.717, 1.165) is 34.3 Å². The predicted octanol–water partition coefficient (Wildman–Crippen LogP) is 5.29. The summed E-state index contributed by atoms with van der Waals surface area (Å²) in [4.78, 5) is 13.3. The lowest BCUT2D eigenvalue weighted by Crippen LogP contribution is -2.18. The summed E-state index contributed by atoms with van der Waals surface area (Å²) in [5, 5.41) is 1.04. The molecule has 1 fully saturated rings. The molecule has 0 radical (unpaired) electrons. The van der Waals surface area contributed by atoms with Crippen molar-refractivity contribution < 1.29 is 9.15 Å². The van der Waals surface area contributed by atoms with Crippen LogP contribution in [-0.4, -0.2) is 21.1 Å². The van der Waals surface area contributed by atoms with Gasteiger partial charge in [-0.15, -0.1) is 0 Å². The molecule has 142 valence electrons. The van der Waals surface area contributed by atoms with Crippen LogP contribution in [0.4, 0.5) is 0 Å². The highest BCUT2D eigenvalue weighted by Gasteiger charge is 2.29. The minimum Gasteiger partial charge on any atom is -0.469 e. The summed E-state index contributed by atoms with van der Waals surface area (Å²) in [6.07, 6.45) is 12.8. The smallest absolute Gasteiger partial charge is 0.225 e. The molecule has 3 heterocycles. The summed E-state index contributed by atoms with van der Waals surface area (Å²) < 4.78 is 12.1. The van der Waals surface area contributed by atoms with Gasteiger partial charge in [-0.2, -0.15) is 0 Å². The Balaban J connectivity index is 1.44. The minimum atomic E-state index is -0.0472. The Hall–Kier alpha value is -2.95. The fourth-order valence-corrected chi connectivity index (χ4v) is 4.10. The molecule has 0 bridgehead atoms. The van der Waals surface area contributed by atoms with E-state index in [1.807, 2.05) is 26.2 Å². The quantitative estimate of drug-likeness (QED) is 0.621. The molecule has 5 heteroatoms. The van der Waals surface area contributed by atoms with Gasteiger partial charge in [0.25, 0.3) is 0 Å². The van der Waals surface area contributed by atoms with Gasteiger partial charge in [-0.1, -0.05) is 6.08 Å². The SMILES string of the molecule is CC1=CC(Oc2nccc3occ(C4CC4)c23)CC=C1c1c(C)ncnc1C. The maximum absolute atomic E-state index is 6.34. The largest absolute Gasteiger partial charge is 0.469 e. The minimum absolute atomic E-state index is 0.0472. The van der Waals surface area contributed by atoms with E-state index >= 15 is 0 Å². The Bertz CT molecular complexity index is 1100. The number of hydrogen-bond donors (Lipinski definition) is 0. The molecule has 3 aromatic rings. The summed E-state index contributed by atoms with van der Waals surface area (Å²) >= 11 is 0. The fourth-order valence-electron chi connectivity index (χ4n) is 4.10. The third kappa shape index (κ3) is 2.91. The van der Waals surface area contributed by atoms with Crippen LogP contribution in [0.1, 0.15) is 54.6 Å². The van der Waals surface area contributed by atoms with Crippen molar-refractivity contribution in [3.63, 3.8) is 0 Å². The Kier molecular flexibility index (Phi) is 4.04. The van der Waals surface area contributed by atoms with Crippen LogP contribution in [0.25, 0.3) is 16.5 Å². The van der Waals surface area contributed by atoms with Crippen LogP contribution in [0.2, 0.25) is 0 Å². The van der Waals surface area contributed by atoms with E-state index in [1.165, 1.54) is 29.6 Å². The topological polar surface area (TPSA) is 61.0 Å². The lowest BCUT2D eigenvalue weighted by molar-refractivity contribution is 0.244. The molecular weight excluding hydrogens is 350 g/mol. The van der Waals surface area contributed by atoms with Crippen molar-refractivity contribution in [2.75, 3.05) is 0 Å². The standard InChI is InChI=1S/C23H23N3O2/c1-13-10-17(6-7-18(13)21-14(2)25-12-26-15(21)3)28-23-22-19(16-4-5-16)11-27-20(22)8-9-24-23/h7-12,16-17H,4-6H2,1-3H3. The number of nitrogens with zero attached hydrogens (tertiary/aromatic N) is 3. The van der Waals surface area contributed by atoms with Gasteiger partial charge in [-0.05, 0) is 56.8 Å². The molecule has 1 saturated carbocycles. The molecule has 5 rings (SSSR count). The Labute approximate surface area is 164 Å². The van der Waals surface area contributed by atoms with E-state index < -0.39 is 0 Å². The molecule has 0 aliphatic heterocycles. The maximum Gasteiger partial charge on any atom is 0.225 e. The summed E-state index contributed by atoms with van der Waals surface area (Å²) in [7, 11) is 0. The molecule has 0 amide bonds. The van der Waals surface area contributed by atoms with Crippen molar-refractivity contribution in [1.82, 2.24) is 15.0 Å². The lowest BCUT2D eigenvalue weighted by Gasteiger charge is -2.22. The number of furan rings is 1. The van der Waals surface area contributed by atoms with Crippen molar-refractivity contribution in [2.45, 2.75) is 52.1 Å². The van der Waals surface area contributed by atoms with Gasteiger partial charge in [0.1, 0.15) is 18.0 Å². The van der Waals surface area contributed by atoms with Crippen molar-refractivity contribution in [2.24, 2.45) is 0 Å². The van der Waals surface area contributed by atoms with Gasteiger partial charge in [0.15, 0.2) is 0 Å². The Morgan fingerprint density at radius 1 is 1.07 bits per heavy atom. The zero-order valence-electron chi connectivity index (χ0n) is 16.4. The van der Waals surface area contributed by atoms with E-state index in [1.54, 1.807) is 12.5 Å². The van der Waals surface area contributed by atoms with E-state index in [0.29, 0.717) is 11.8 Å². The fraction of sp³-hybridized carbons (Fsp3) is 0.348. The number of pyridine rings is 1. The summed E-state index contributed by atoms with van der Waals surface area (Å²) in [6.45, 7) is 6.18. The highest BCUT2D eigenvalue weighted by molar-refractivity contribution is 5.87. The average Bonchev–Trinajstić information content (AvgIpc) is 3.42. The van der Waals surface area contributed by atoms with E-state index in [4.69, 9.17) is 9.15 Å². The monoisotopic (exact) mass is 373 g/mol. The van der Waals surface area contributed by atoms with Crippen LogP contribution in [-0.2, 0) is 0 Å². The summed E-state index contributed by atoms with van der Waals surface area (Å²) in [5.41, 5.74) is 7.60. The molecule has 0 saturated heterocycles. The second-order valence-electron chi connectivity index (χ2n) is 7.73. The van der Waals surface area contributed by atoms with Crippen LogP contribution in [0.15, 0.2) is 47.0 Å². The number of aromatic nitrogens is 3. The van der Waals surface area contributed by atoms with Crippen LogP contribution >= 0.6 is 0 Å². The first-order chi connectivity index (χ1) is 13.6. The highest BCUT2D eigenvalue weighted by Crippen LogP contribution is 2.46. The number of allylic oxidation sites excluding steroid dienone is 2. The molecule has 3 aromatic heterocycles. The van der Waals surface area contributed by atoms with Gasteiger partial charge < -0.3 is 9.15 Å². The zero-order chi connectivity index (χ0) is 19.3. The van der Waals surface area contributed by atoms with Crippen molar-refractivity contribution >= 4 is 16.5 Å². The number of aryl methyl sites for hydroxylation is 2. The number of rotatable bonds is 4. The number of ether oxygens (including phenoxy) is 1. The first-order valence-corrected chi connectivity index (χ1v) is 9.82. The third-order valence-corrected chi connectivity index (χ3v) is 5.67. The maximum atomic E-state index is 6.34. The molecule has 28 heavy (non-hydrogen) atoms. The van der Waals surface area contributed by atoms with Gasteiger partial charge >= 0.3 is 0 Å². The highest BCUT2D eigenvalue weighted by atomic mass is 16.5. The first-order valence-electron chi connectivity index (χ1n) is 9.82. The average molecular weight is 373 g/mol. The normalized spacial score (nSPS) is 19.5. The van der Waals surface area contributed by atoms with Gasteiger partial charge in [0.2, 0.25) is 5.88 Å². The van der Waals surface area contributed by atoms with Crippen LogP contribution in [0.5, 0.6) is 5.88 Å². The second kappa shape index (κ2) is 6.59. The molecular formula is C23H23N3O2. The summed E-state index contributed by atoms with van der Waals surface area (Å²) in [6, 6.07) is 1.91. The van der Waals surface area contributed by atoms with Crippen LogP contribution in [0.3, 0.4) is 0 Å². The molecule has 5 nitrogen and oxygen atoms in total. The van der Waals surface area contributed by atoms with Crippen molar-refractivity contribution in [3.8, 4) is 5.88 Å². The molecule has 0 aromatic carbocycles. The van der Waals surface area contributed by atoms with Gasteiger partial charge in [-0.25, -0.2) is 15.0 Å². The lowest BCUT2D eigenvalue weighted by atomic mass is 9.90. The number of hydrogen-bond acceptors (Lipinski definition) is 5. The third-order valence-electron chi connectivity index (χ3n) is 5.67. The van der Waals surface area contributed by atoms with E-state index in [9.17, 15) is 0 Å². The predicted molar refractivity (Wildman–Crippen MR) is 108 cm³/mol. The molecule has 2 aliphatic carbocycles. The van der Waals surface area contributed by atoms with Crippen LogP contribution < -0.4 is 4.74 Å². The number of fused-ring (bicyclic) bond motifs is 1. The van der Waals surface area contributed by atoms with Crippen LogP contribution in [0, 0.1) is 13.8 Å². The van der Waals surface area contributed by atoms with Gasteiger partial charge in [0.05, 0.1) is 11.6 Å². The molecule has 1 atom stereocenters. The molecule has 0 N–H and O–H groups in total. The molecule has 0 spiro atoms. The second-order valence-corrected chi connectivity index (χ2v) is 7.73. The van der Waals surface area contributed by atoms with E-state index in [2.05, 4.69) is 34.0 Å². The van der Waals surface area contributed by atoms with Gasteiger partial charge in [0, 0.05) is 41.2 Å². The zero-order valence-corrected chi connectivity index (χ0v) is 16.4. The Morgan fingerprint density at radius 3 is 2.57 bits per heavy atom. The van der Waals surface area contributed by atoms with Gasteiger partial charge in [-0.3, -0.25) is 0 Å². The molecule has 1 unspecified atom stereocenters. The summed E-state index contributed by atoms with van der Waals surface area (Å²) in [5.74, 6) is 1.27. The molecule has 2 aliphatic rings. The van der Waals surface area contributed by atoms with Crippen molar-refractivity contribution in [1.29, 1.82) is 0 Å². The van der Waals surface area contributed by atoms with E-state index in [-0.39, 0.29) is 6.10 Å².